The van der Waals surface area contributed by atoms with E-state index in [4.69, 9.17) is 5.11 Å². The molecule has 0 aromatic carbocycles. The molecule has 0 spiro atoms. The van der Waals surface area contributed by atoms with Crippen LogP contribution in [0.3, 0.4) is 0 Å². The molecule has 0 atom stereocenters. The highest BCUT2D eigenvalue weighted by Gasteiger charge is 2.28. The molecular weight excluding hydrogens is 254 g/mol. The minimum absolute atomic E-state index is 0.348. The molecule has 0 saturated carbocycles. The Morgan fingerprint density at radius 1 is 1.50 bits per heavy atom. The Labute approximate surface area is 110 Å². The van der Waals surface area contributed by atoms with Crippen molar-refractivity contribution in [1.82, 2.24) is 9.88 Å². The standard InChI is InChI=1S/C11H17N3O3S/c1-7-6-18-9(12-7)13-10(17)14(5-8(15)16)11(2,3)4/h6H,5H2,1-4H3,(H,15,16)(H,12,13,17). The number of rotatable bonds is 3. The van der Waals surface area contributed by atoms with E-state index >= 15 is 0 Å². The molecular formula is C11H17N3O3S. The van der Waals surface area contributed by atoms with Crippen molar-refractivity contribution in [3.8, 4) is 0 Å². The highest BCUT2D eigenvalue weighted by atomic mass is 32.1. The number of nitrogens with zero attached hydrogens (tertiary/aromatic N) is 2. The summed E-state index contributed by atoms with van der Waals surface area (Å²) in [5.74, 6) is -1.05. The number of anilines is 1. The number of carboxylic acids is 1. The van der Waals surface area contributed by atoms with Crippen molar-refractivity contribution in [3.63, 3.8) is 0 Å². The molecule has 100 valence electrons. The van der Waals surface area contributed by atoms with Crippen molar-refractivity contribution < 1.29 is 14.7 Å². The molecule has 0 radical (unpaired) electrons. The Hall–Kier alpha value is -1.63. The molecule has 1 rings (SSSR count). The summed E-state index contributed by atoms with van der Waals surface area (Å²) in [6.45, 7) is 6.82. The Kier molecular flexibility index (Phi) is 4.28. The third kappa shape index (κ3) is 3.99. The van der Waals surface area contributed by atoms with Gasteiger partial charge < -0.3 is 10.0 Å². The number of carbonyl (C=O) groups is 2. The smallest absolute Gasteiger partial charge is 0.324 e. The third-order valence-corrected chi connectivity index (χ3v) is 3.06. The predicted octanol–water partition coefficient (Wildman–Crippen LogP) is 2.17. The van der Waals surface area contributed by atoms with Crippen LogP contribution in [0.15, 0.2) is 5.38 Å². The van der Waals surface area contributed by atoms with E-state index in [0.29, 0.717) is 5.13 Å². The van der Waals surface area contributed by atoms with Crippen LogP contribution in [0.5, 0.6) is 0 Å². The quantitative estimate of drug-likeness (QED) is 0.882. The van der Waals surface area contributed by atoms with Gasteiger partial charge in [-0.2, -0.15) is 0 Å². The fraction of sp³-hybridized carbons (Fsp3) is 0.545. The molecule has 0 aliphatic heterocycles. The summed E-state index contributed by atoms with van der Waals surface area (Å²) in [6, 6.07) is -0.459. The van der Waals surface area contributed by atoms with E-state index in [-0.39, 0.29) is 6.54 Å². The molecule has 1 heterocycles. The zero-order valence-corrected chi connectivity index (χ0v) is 11.7. The summed E-state index contributed by atoms with van der Waals surface area (Å²) >= 11 is 1.31. The number of amides is 2. The van der Waals surface area contributed by atoms with Crippen LogP contribution >= 0.6 is 11.3 Å². The van der Waals surface area contributed by atoms with Gasteiger partial charge in [0.2, 0.25) is 0 Å². The van der Waals surface area contributed by atoms with Crippen molar-refractivity contribution in [2.75, 3.05) is 11.9 Å². The first kappa shape index (κ1) is 14.4. The molecule has 7 heteroatoms. The highest BCUT2D eigenvalue weighted by molar-refractivity contribution is 7.13. The lowest BCUT2D eigenvalue weighted by Gasteiger charge is -2.33. The molecule has 2 N–H and O–H groups in total. The number of urea groups is 1. The summed E-state index contributed by atoms with van der Waals surface area (Å²) in [7, 11) is 0. The Morgan fingerprint density at radius 2 is 2.11 bits per heavy atom. The lowest BCUT2D eigenvalue weighted by molar-refractivity contribution is -0.138. The van der Waals surface area contributed by atoms with Gasteiger partial charge in [0.15, 0.2) is 5.13 Å². The van der Waals surface area contributed by atoms with Crippen molar-refractivity contribution in [3.05, 3.63) is 11.1 Å². The summed E-state index contributed by atoms with van der Waals surface area (Å²) < 4.78 is 0. The van der Waals surface area contributed by atoms with E-state index < -0.39 is 17.5 Å². The van der Waals surface area contributed by atoms with Crippen LogP contribution in [0.1, 0.15) is 26.5 Å². The van der Waals surface area contributed by atoms with Crippen molar-refractivity contribution in [2.24, 2.45) is 0 Å². The first-order valence-electron chi connectivity index (χ1n) is 5.42. The molecule has 2 amide bonds. The number of carbonyl (C=O) groups excluding carboxylic acids is 1. The summed E-state index contributed by atoms with van der Waals surface area (Å²) in [6.07, 6.45) is 0. The van der Waals surface area contributed by atoms with Crippen LogP contribution < -0.4 is 5.32 Å². The van der Waals surface area contributed by atoms with E-state index in [1.165, 1.54) is 16.2 Å². The van der Waals surface area contributed by atoms with Gasteiger partial charge >= 0.3 is 12.0 Å². The van der Waals surface area contributed by atoms with Gasteiger partial charge in [-0.25, -0.2) is 9.78 Å². The summed E-state index contributed by atoms with van der Waals surface area (Å²) in [5.41, 5.74) is 0.241. The number of carboxylic acid groups (broad SMARTS) is 1. The maximum absolute atomic E-state index is 12.0. The molecule has 1 aromatic heterocycles. The van der Waals surface area contributed by atoms with Crippen molar-refractivity contribution in [2.45, 2.75) is 33.2 Å². The maximum atomic E-state index is 12.0. The van der Waals surface area contributed by atoms with Crippen LogP contribution in [0.4, 0.5) is 9.93 Å². The average molecular weight is 271 g/mol. The third-order valence-electron chi connectivity index (χ3n) is 2.18. The van der Waals surface area contributed by atoms with Crippen LogP contribution in [0, 0.1) is 6.92 Å². The van der Waals surface area contributed by atoms with Crippen molar-refractivity contribution in [1.29, 1.82) is 0 Å². The van der Waals surface area contributed by atoms with Gasteiger partial charge in [0.25, 0.3) is 0 Å². The van der Waals surface area contributed by atoms with Crippen LogP contribution in [-0.2, 0) is 4.79 Å². The second-order valence-corrected chi connectivity index (χ2v) is 5.73. The number of hydrogen-bond acceptors (Lipinski definition) is 4. The monoisotopic (exact) mass is 271 g/mol. The largest absolute Gasteiger partial charge is 0.480 e. The van der Waals surface area contributed by atoms with Crippen LogP contribution in [0.2, 0.25) is 0 Å². The van der Waals surface area contributed by atoms with Gasteiger partial charge in [0, 0.05) is 10.9 Å². The second kappa shape index (κ2) is 5.34. The van der Waals surface area contributed by atoms with Gasteiger partial charge in [-0.3, -0.25) is 10.1 Å². The molecule has 6 nitrogen and oxygen atoms in total. The van der Waals surface area contributed by atoms with Crippen molar-refractivity contribution >= 4 is 28.5 Å². The Morgan fingerprint density at radius 3 is 2.50 bits per heavy atom. The maximum Gasteiger partial charge on any atom is 0.324 e. The summed E-state index contributed by atoms with van der Waals surface area (Å²) in [4.78, 5) is 28.2. The normalized spacial score (nSPS) is 11.1. The fourth-order valence-electron chi connectivity index (χ4n) is 1.32. The van der Waals surface area contributed by atoms with Gasteiger partial charge in [-0.15, -0.1) is 11.3 Å². The van der Waals surface area contributed by atoms with Gasteiger partial charge in [0.1, 0.15) is 6.54 Å². The predicted molar refractivity (Wildman–Crippen MR) is 70.0 cm³/mol. The molecule has 0 unspecified atom stereocenters. The number of nitrogens with one attached hydrogen (secondary N) is 1. The fourth-order valence-corrected chi connectivity index (χ4v) is 2.00. The average Bonchev–Trinajstić information content (AvgIpc) is 2.58. The lowest BCUT2D eigenvalue weighted by atomic mass is 10.1. The van der Waals surface area contributed by atoms with Gasteiger partial charge in [0.05, 0.1) is 5.69 Å². The zero-order valence-electron chi connectivity index (χ0n) is 10.9. The molecule has 1 aromatic rings. The number of hydrogen-bond donors (Lipinski definition) is 2. The summed E-state index contributed by atoms with van der Waals surface area (Å²) in [5, 5.41) is 13.7. The minimum Gasteiger partial charge on any atom is -0.480 e. The molecule has 0 aliphatic rings. The highest BCUT2D eigenvalue weighted by Crippen LogP contribution is 2.18. The molecule has 0 bridgehead atoms. The SMILES string of the molecule is Cc1csc(NC(=O)N(CC(=O)O)C(C)(C)C)n1. The van der Waals surface area contributed by atoms with E-state index in [9.17, 15) is 9.59 Å². The van der Waals surface area contributed by atoms with E-state index in [1.54, 1.807) is 20.8 Å². The number of aryl methyl sites for hydroxylation is 1. The molecule has 0 saturated heterocycles. The van der Waals surface area contributed by atoms with Crippen LogP contribution in [-0.4, -0.2) is 39.1 Å². The molecule has 0 fully saturated rings. The number of aromatic nitrogens is 1. The van der Waals surface area contributed by atoms with Gasteiger partial charge in [-0.05, 0) is 27.7 Å². The first-order valence-corrected chi connectivity index (χ1v) is 6.30. The molecule has 0 aliphatic carbocycles. The number of thiazole rings is 1. The number of aliphatic carboxylic acids is 1. The minimum atomic E-state index is -1.05. The second-order valence-electron chi connectivity index (χ2n) is 4.87. The van der Waals surface area contributed by atoms with Crippen LogP contribution in [0.25, 0.3) is 0 Å². The Balaban J connectivity index is 2.80. The molecule has 18 heavy (non-hydrogen) atoms. The zero-order chi connectivity index (χ0) is 13.9. The lowest BCUT2D eigenvalue weighted by Crippen LogP contribution is -2.50. The van der Waals surface area contributed by atoms with E-state index in [2.05, 4.69) is 10.3 Å². The van der Waals surface area contributed by atoms with E-state index in [0.717, 1.165) is 5.69 Å². The first-order chi connectivity index (χ1) is 8.20. The Bertz CT molecular complexity index is 451. The van der Waals surface area contributed by atoms with Gasteiger partial charge in [-0.1, -0.05) is 0 Å². The topological polar surface area (TPSA) is 82.5 Å². The van der Waals surface area contributed by atoms with E-state index in [1.807, 2.05) is 12.3 Å².